The van der Waals surface area contributed by atoms with E-state index in [0.717, 1.165) is 10.6 Å². The zero-order valence-electron chi connectivity index (χ0n) is 17.0. The predicted molar refractivity (Wildman–Crippen MR) is 108 cm³/mol. The molecule has 0 bridgehead atoms. The van der Waals surface area contributed by atoms with E-state index in [2.05, 4.69) is 0 Å². The highest BCUT2D eigenvalue weighted by Gasteiger charge is 2.80. The number of hydrogen-bond acceptors (Lipinski definition) is 8. The van der Waals surface area contributed by atoms with Gasteiger partial charge in [-0.05, 0) is 17.7 Å². The van der Waals surface area contributed by atoms with Gasteiger partial charge in [0.05, 0.1) is 12.0 Å². The van der Waals surface area contributed by atoms with E-state index in [4.69, 9.17) is 14.3 Å². The van der Waals surface area contributed by atoms with Gasteiger partial charge in [0.1, 0.15) is 43.2 Å². The van der Waals surface area contributed by atoms with Gasteiger partial charge in [-0.25, -0.2) is 9.86 Å². The van der Waals surface area contributed by atoms with Crippen molar-refractivity contribution in [2.75, 3.05) is 6.61 Å². The number of nitrogens with zero attached hydrogens (tertiary/aromatic N) is 1. The van der Waals surface area contributed by atoms with Crippen molar-refractivity contribution in [2.24, 2.45) is 0 Å². The highest BCUT2D eigenvalue weighted by molar-refractivity contribution is 5.89. The molecule has 0 aromatic heterocycles. The number of amides is 1. The van der Waals surface area contributed by atoms with E-state index in [9.17, 15) is 24.9 Å². The Kier molecular flexibility index (Phi) is 5.03. The van der Waals surface area contributed by atoms with Gasteiger partial charge in [-0.15, -0.1) is 0 Å². The molecule has 2 aliphatic heterocycles. The highest BCUT2D eigenvalue weighted by Crippen LogP contribution is 2.56. The number of fused-ring (bicyclic) bond motifs is 2. The van der Waals surface area contributed by atoms with E-state index in [1.54, 1.807) is 30.3 Å². The minimum absolute atomic E-state index is 0.0908. The monoisotopic (exact) mass is 441 g/mol. The van der Waals surface area contributed by atoms with Crippen molar-refractivity contribution in [3.63, 3.8) is 0 Å². The number of esters is 1. The predicted octanol–water partition coefficient (Wildman–Crippen LogP) is 0.180. The van der Waals surface area contributed by atoms with E-state index in [1.807, 2.05) is 30.3 Å². The third-order valence-corrected chi connectivity index (χ3v) is 6.49. The number of hydroxylamine groups is 2. The molecule has 5 rings (SSSR count). The normalized spacial score (nSPS) is 35.2. The molecular weight excluding hydrogens is 418 g/mol. The number of β-lactam (4-membered cyclic amide) rings is 1. The summed E-state index contributed by atoms with van der Waals surface area (Å²) in [5.41, 5.74) is -2.22. The number of aliphatic hydroxyl groups is 3. The Bertz CT molecular complexity index is 1020. The van der Waals surface area contributed by atoms with Gasteiger partial charge in [0.2, 0.25) is 5.91 Å². The highest BCUT2D eigenvalue weighted by atomic mass is 16.7. The maximum absolute atomic E-state index is 12.3. The van der Waals surface area contributed by atoms with Gasteiger partial charge in [-0.2, -0.15) is 0 Å². The summed E-state index contributed by atoms with van der Waals surface area (Å²) in [6, 6.07) is 17.4. The Morgan fingerprint density at radius 1 is 1.03 bits per heavy atom. The van der Waals surface area contributed by atoms with Crippen molar-refractivity contribution < 1.29 is 39.2 Å². The van der Waals surface area contributed by atoms with Gasteiger partial charge in [0.15, 0.2) is 5.60 Å². The molecule has 2 aromatic carbocycles. The molecule has 32 heavy (non-hydrogen) atoms. The van der Waals surface area contributed by atoms with Crippen LogP contribution >= 0.6 is 0 Å². The van der Waals surface area contributed by atoms with E-state index in [1.165, 1.54) is 0 Å². The van der Waals surface area contributed by atoms with Gasteiger partial charge in [0, 0.05) is 0 Å². The number of aliphatic hydroxyl groups excluding tert-OH is 2. The average molecular weight is 441 g/mol. The quantitative estimate of drug-likeness (QED) is 0.329. The van der Waals surface area contributed by atoms with Crippen LogP contribution in [0.25, 0.3) is 0 Å². The van der Waals surface area contributed by atoms with Gasteiger partial charge in [-0.3, -0.25) is 9.63 Å². The largest absolute Gasteiger partial charge is 0.459 e. The van der Waals surface area contributed by atoms with Crippen molar-refractivity contribution in [1.82, 2.24) is 5.06 Å². The lowest BCUT2D eigenvalue weighted by molar-refractivity contribution is -0.307. The molecule has 168 valence electrons. The smallest absolute Gasteiger partial charge is 0.338 e. The van der Waals surface area contributed by atoms with Crippen molar-refractivity contribution in [3.05, 3.63) is 71.8 Å². The van der Waals surface area contributed by atoms with Crippen LogP contribution < -0.4 is 0 Å². The Labute approximate surface area is 183 Å². The molecule has 2 saturated heterocycles. The molecule has 0 unspecified atom stereocenters. The third kappa shape index (κ3) is 3.13. The molecule has 1 spiro atoms. The maximum Gasteiger partial charge on any atom is 0.338 e. The van der Waals surface area contributed by atoms with Crippen LogP contribution in [0.3, 0.4) is 0 Å². The standard InChI is InChI=1S/C23H23NO8/c25-16-11-22(24(16)31-12-14-7-3-1-4-8-14)17(26)18(27)23(29,20-19(22)32-20)13-30-21(28)15-9-5-2-6-10-15/h1-10,17-20,26-27,29H,11-13H2/t17-,18+,19-,20+,22+,23-/m1/s1. The SMILES string of the molecule is O=C(OC[C@@]1(O)[C@@H](O)[C@@H](O)[C@@]2(CC(=O)N2OCc2ccccc2)[C@@H]2O[C@@H]21)c1ccccc1. The van der Waals surface area contributed by atoms with Gasteiger partial charge < -0.3 is 24.8 Å². The number of rotatable bonds is 6. The van der Waals surface area contributed by atoms with Crippen LogP contribution in [0.4, 0.5) is 0 Å². The molecule has 3 N–H and O–H groups in total. The Balaban J connectivity index is 1.30. The van der Waals surface area contributed by atoms with Crippen LogP contribution in [-0.4, -0.2) is 74.4 Å². The van der Waals surface area contributed by atoms with Gasteiger partial charge in [0.25, 0.3) is 0 Å². The number of epoxide rings is 1. The average Bonchev–Trinajstić information content (AvgIpc) is 3.62. The molecule has 9 heteroatoms. The molecule has 3 aliphatic rings. The summed E-state index contributed by atoms with van der Waals surface area (Å²) in [7, 11) is 0. The minimum atomic E-state index is -2.02. The summed E-state index contributed by atoms with van der Waals surface area (Å²) in [6.07, 6.45) is -5.10. The molecule has 3 fully saturated rings. The van der Waals surface area contributed by atoms with Crippen LogP contribution in [0, 0.1) is 0 Å². The number of carbonyl (C=O) groups excluding carboxylic acids is 2. The lowest BCUT2D eigenvalue weighted by atomic mass is 9.65. The molecule has 1 aliphatic carbocycles. The summed E-state index contributed by atoms with van der Waals surface area (Å²) in [5, 5.41) is 33.9. The van der Waals surface area contributed by atoms with Crippen LogP contribution in [0.15, 0.2) is 60.7 Å². The molecular formula is C23H23NO8. The first-order valence-electron chi connectivity index (χ1n) is 10.3. The van der Waals surface area contributed by atoms with E-state index in [-0.39, 0.29) is 24.5 Å². The summed E-state index contributed by atoms with van der Waals surface area (Å²) in [5.74, 6) is -1.03. The van der Waals surface area contributed by atoms with Crippen molar-refractivity contribution in [3.8, 4) is 0 Å². The van der Waals surface area contributed by atoms with Crippen LogP contribution in [-0.2, 0) is 25.7 Å². The van der Waals surface area contributed by atoms with Crippen LogP contribution in [0.5, 0.6) is 0 Å². The Hall–Kier alpha value is -2.82. The first-order valence-corrected chi connectivity index (χ1v) is 10.3. The summed E-state index contributed by atoms with van der Waals surface area (Å²) in [6.45, 7) is -0.484. The number of ether oxygens (including phenoxy) is 2. The summed E-state index contributed by atoms with van der Waals surface area (Å²) < 4.78 is 10.8. The minimum Gasteiger partial charge on any atom is -0.459 e. The topological polar surface area (TPSA) is 129 Å². The zero-order chi connectivity index (χ0) is 22.5. The fraction of sp³-hybridized carbons (Fsp3) is 0.391. The van der Waals surface area contributed by atoms with E-state index < -0.39 is 48.1 Å². The van der Waals surface area contributed by atoms with Gasteiger partial charge >= 0.3 is 5.97 Å². The molecule has 1 saturated carbocycles. The first-order chi connectivity index (χ1) is 15.4. The van der Waals surface area contributed by atoms with E-state index >= 15 is 0 Å². The molecule has 2 aromatic rings. The van der Waals surface area contributed by atoms with Crippen LogP contribution in [0.1, 0.15) is 22.3 Å². The number of benzene rings is 2. The zero-order valence-corrected chi connectivity index (χ0v) is 17.0. The number of hydrogen-bond donors (Lipinski definition) is 3. The summed E-state index contributed by atoms with van der Waals surface area (Å²) in [4.78, 5) is 30.2. The second-order valence-corrected chi connectivity index (χ2v) is 8.42. The van der Waals surface area contributed by atoms with Gasteiger partial charge in [-0.1, -0.05) is 48.5 Å². The molecule has 2 heterocycles. The lowest BCUT2D eigenvalue weighted by Gasteiger charge is -2.56. The van der Waals surface area contributed by atoms with E-state index in [0.29, 0.717) is 0 Å². The maximum atomic E-state index is 12.3. The summed E-state index contributed by atoms with van der Waals surface area (Å²) >= 11 is 0. The molecule has 9 nitrogen and oxygen atoms in total. The van der Waals surface area contributed by atoms with Crippen molar-refractivity contribution >= 4 is 11.9 Å². The molecule has 0 radical (unpaired) electrons. The van der Waals surface area contributed by atoms with Crippen molar-refractivity contribution in [1.29, 1.82) is 0 Å². The third-order valence-electron chi connectivity index (χ3n) is 6.49. The Morgan fingerprint density at radius 2 is 1.69 bits per heavy atom. The Morgan fingerprint density at radius 3 is 2.34 bits per heavy atom. The molecule has 6 atom stereocenters. The number of carbonyl (C=O) groups is 2. The van der Waals surface area contributed by atoms with Crippen LogP contribution in [0.2, 0.25) is 0 Å². The lowest BCUT2D eigenvalue weighted by Crippen LogP contribution is -2.80. The fourth-order valence-corrected chi connectivity index (χ4v) is 4.64. The second kappa shape index (κ2) is 7.65. The van der Waals surface area contributed by atoms with Crippen molar-refractivity contribution in [2.45, 2.75) is 48.6 Å². The second-order valence-electron chi connectivity index (χ2n) is 8.42. The molecule has 1 amide bonds. The first kappa shape index (κ1) is 21.0. The fourth-order valence-electron chi connectivity index (χ4n) is 4.64.